The second-order valence-corrected chi connectivity index (χ2v) is 8.77. The first kappa shape index (κ1) is 23.6. The predicted octanol–water partition coefficient (Wildman–Crippen LogP) is 6.40. The zero-order chi connectivity index (χ0) is 24.1. The summed E-state index contributed by atoms with van der Waals surface area (Å²) in [5.74, 6) is 0.692. The number of unbranched alkanes of at least 4 members (excludes halogenated alkanes) is 1. The molecule has 0 unspecified atom stereocenters. The van der Waals surface area contributed by atoms with E-state index in [0.29, 0.717) is 24.2 Å². The van der Waals surface area contributed by atoms with Gasteiger partial charge < -0.3 is 14.5 Å². The Hall–Kier alpha value is -3.60. The molecule has 1 heterocycles. The Bertz CT molecular complexity index is 1140. The molecule has 0 radical (unpaired) electrons. The Morgan fingerprint density at radius 1 is 1.00 bits per heavy atom. The van der Waals surface area contributed by atoms with Crippen LogP contribution in [0.25, 0.3) is 0 Å². The van der Waals surface area contributed by atoms with Crippen molar-refractivity contribution in [2.24, 2.45) is 0 Å². The van der Waals surface area contributed by atoms with Crippen molar-refractivity contribution in [3.8, 4) is 5.75 Å². The fourth-order valence-electron chi connectivity index (χ4n) is 4.78. The highest BCUT2D eigenvalue weighted by Crippen LogP contribution is 2.43. The minimum atomic E-state index is -0.206. The third-order valence-electron chi connectivity index (χ3n) is 6.45. The van der Waals surface area contributed by atoms with Crippen LogP contribution >= 0.6 is 0 Å². The minimum absolute atomic E-state index is 0.0337. The third-order valence-corrected chi connectivity index (χ3v) is 6.45. The summed E-state index contributed by atoms with van der Waals surface area (Å²) in [7, 11) is 1.60. The van der Waals surface area contributed by atoms with Gasteiger partial charge in [-0.05, 0) is 61.7 Å². The minimum Gasteiger partial charge on any atom is -0.497 e. The van der Waals surface area contributed by atoms with Gasteiger partial charge in [0.25, 0.3) is 5.91 Å². The van der Waals surface area contributed by atoms with Crippen LogP contribution in [0.4, 0.5) is 11.4 Å². The summed E-state index contributed by atoms with van der Waals surface area (Å²) in [4.78, 5) is 30.9. The molecule has 2 amide bonds. The standard InChI is InChI=1S/C29H32N2O3/c1-4-5-18-28(32)30-21(2)19-27(25-16-9-10-17-26(25)30)31(23-13-7-6-8-14-23)29(33)22-12-11-15-24(20-22)34-3/h6-17,20-21,27H,4-5,18-19H2,1-3H3/t21-,27+/m1/s1. The summed E-state index contributed by atoms with van der Waals surface area (Å²) in [6.07, 6.45) is 3.04. The number of para-hydroxylation sites is 2. The van der Waals surface area contributed by atoms with E-state index in [-0.39, 0.29) is 23.9 Å². The Morgan fingerprint density at radius 3 is 2.47 bits per heavy atom. The number of hydrogen-bond acceptors (Lipinski definition) is 3. The molecule has 5 nitrogen and oxygen atoms in total. The van der Waals surface area contributed by atoms with E-state index >= 15 is 0 Å². The molecule has 4 rings (SSSR count). The zero-order valence-electron chi connectivity index (χ0n) is 20.1. The monoisotopic (exact) mass is 456 g/mol. The van der Waals surface area contributed by atoms with E-state index < -0.39 is 0 Å². The fraction of sp³-hybridized carbons (Fsp3) is 0.310. The molecular formula is C29H32N2O3. The van der Waals surface area contributed by atoms with Crippen LogP contribution in [-0.4, -0.2) is 25.0 Å². The third kappa shape index (κ3) is 4.69. The number of nitrogens with zero attached hydrogens (tertiary/aromatic N) is 2. The molecule has 3 aromatic carbocycles. The van der Waals surface area contributed by atoms with Gasteiger partial charge in [-0.3, -0.25) is 9.59 Å². The van der Waals surface area contributed by atoms with E-state index in [1.807, 2.05) is 82.6 Å². The second-order valence-electron chi connectivity index (χ2n) is 8.77. The maximum absolute atomic E-state index is 14.0. The van der Waals surface area contributed by atoms with Crippen LogP contribution in [-0.2, 0) is 4.79 Å². The maximum atomic E-state index is 14.0. The first-order valence-corrected chi connectivity index (χ1v) is 12.0. The Morgan fingerprint density at radius 2 is 1.74 bits per heavy atom. The van der Waals surface area contributed by atoms with E-state index in [1.54, 1.807) is 13.2 Å². The normalized spacial score (nSPS) is 17.1. The van der Waals surface area contributed by atoms with Crippen LogP contribution in [0.1, 0.15) is 61.5 Å². The lowest BCUT2D eigenvalue weighted by Crippen LogP contribution is -2.47. The van der Waals surface area contributed by atoms with Crippen LogP contribution in [0.5, 0.6) is 5.75 Å². The van der Waals surface area contributed by atoms with Crippen LogP contribution in [0.3, 0.4) is 0 Å². The van der Waals surface area contributed by atoms with Crippen molar-refractivity contribution in [1.82, 2.24) is 0 Å². The number of rotatable bonds is 7. The first-order chi connectivity index (χ1) is 16.5. The van der Waals surface area contributed by atoms with E-state index in [2.05, 4.69) is 13.8 Å². The fourth-order valence-corrected chi connectivity index (χ4v) is 4.78. The summed E-state index contributed by atoms with van der Waals surface area (Å²) in [5, 5.41) is 0. The molecule has 34 heavy (non-hydrogen) atoms. The molecule has 0 N–H and O–H groups in total. The number of carbonyl (C=O) groups is 2. The molecule has 0 spiro atoms. The van der Waals surface area contributed by atoms with Crippen molar-refractivity contribution >= 4 is 23.2 Å². The number of amides is 2. The molecule has 0 saturated carbocycles. The van der Waals surface area contributed by atoms with Crippen molar-refractivity contribution in [2.45, 2.75) is 51.6 Å². The number of ether oxygens (including phenoxy) is 1. The number of fused-ring (bicyclic) bond motifs is 1. The number of methoxy groups -OCH3 is 1. The first-order valence-electron chi connectivity index (χ1n) is 12.0. The van der Waals surface area contributed by atoms with Crippen molar-refractivity contribution in [1.29, 1.82) is 0 Å². The Balaban J connectivity index is 1.80. The number of carbonyl (C=O) groups excluding carboxylic acids is 2. The van der Waals surface area contributed by atoms with E-state index in [1.165, 1.54) is 0 Å². The summed E-state index contributed by atoms with van der Waals surface area (Å²) in [5.41, 5.74) is 3.28. The van der Waals surface area contributed by atoms with Gasteiger partial charge in [0.2, 0.25) is 5.91 Å². The SMILES string of the molecule is CCCCC(=O)N1c2ccccc2[C@@H](N(C(=O)c2cccc(OC)c2)c2ccccc2)C[C@H]1C. The highest BCUT2D eigenvalue weighted by Gasteiger charge is 2.38. The van der Waals surface area contributed by atoms with Gasteiger partial charge in [0.15, 0.2) is 0 Å². The van der Waals surface area contributed by atoms with Gasteiger partial charge in [-0.15, -0.1) is 0 Å². The van der Waals surface area contributed by atoms with Crippen LogP contribution in [0.15, 0.2) is 78.9 Å². The maximum Gasteiger partial charge on any atom is 0.258 e. The summed E-state index contributed by atoms with van der Waals surface area (Å²) < 4.78 is 5.37. The molecule has 0 bridgehead atoms. The molecule has 176 valence electrons. The molecule has 1 aliphatic rings. The molecule has 3 aromatic rings. The molecule has 1 aliphatic heterocycles. The molecule has 0 fully saturated rings. The van der Waals surface area contributed by atoms with Crippen molar-refractivity contribution in [3.63, 3.8) is 0 Å². The van der Waals surface area contributed by atoms with Gasteiger partial charge in [0, 0.05) is 29.4 Å². The topological polar surface area (TPSA) is 49.9 Å². The highest BCUT2D eigenvalue weighted by molar-refractivity contribution is 6.07. The highest BCUT2D eigenvalue weighted by atomic mass is 16.5. The lowest BCUT2D eigenvalue weighted by molar-refractivity contribution is -0.119. The predicted molar refractivity (Wildman–Crippen MR) is 137 cm³/mol. The molecular weight excluding hydrogens is 424 g/mol. The molecule has 0 aromatic heterocycles. The van der Waals surface area contributed by atoms with Gasteiger partial charge in [-0.2, -0.15) is 0 Å². The van der Waals surface area contributed by atoms with Gasteiger partial charge in [-0.25, -0.2) is 0 Å². The Kier molecular flexibility index (Phi) is 7.31. The number of anilines is 2. The quantitative estimate of drug-likeness (QED) is 0.413. The van der Waals surface area contributed by atoms with Crippen LogP contribution in [0.2, 0.25) is 0 Å². The van der Waals surface area contributed by atoms with Gasteiger partial charge in [-0.1, -0.05) is 55.8 Å². The van der Waals surface area contributed by atoms with Crippen LogP contribution in [0, 0.1) is 0 Å². The average Bonchev–Trinajstić information content (AvgIpc) is 2.88. The zero-order valence-corrected chi connectivity index (χ0v) is 20.1. The van der Waals surface area contributed by atoms with Crippen LogP contribution < -0.4 is 14.5 Å². The van der Waals surface area contributed by atoms with Crippen molar-refractivity contribution in [2.75, 3.05) is 16.9 Å². The smallest absolute Gasteiger partial charge is 0.258 e. The van der Waals surface area contributed by atoms with E-state index in [9.17, 15) is 9.59 Å². The lowest BCUT2D eigenvalue weighted by Gasteiger charge is -2.43. The number of hydrogen-bond donors (Lipinski definition) is 0. The van der Waals surface area contributed by atoms with Crippen molar-refractivity contribution < 1.29 is 14.3 Å². The molecule has 2 atom stereocenters. The van der Waals surface area contributed by atoms with Gasteiger partial charge in [0.1, 0.15) is 5.75 Å². The molecule has 5 heteroatoms. The summed E-state index contributed by atoms with van der Waals surface area (Å²) in [6, 6.07) is 24.8. The number of benzene rings is 3. The second kappa shape index (κ2) is 10.6. The average molecular weight is 457 g/mol. The van der Waals surface area contributed by atoms with E-state index in [0.717, 1.165) is 29.8 Å². The largest absolute Gasteiger partial charge is 0.497 e. The lowest BCUT2D eigenvalue weighted by atomic mass is 9.89. The summed E-state index contributed by atoms with van der Waals surface area (Å²) >= 11 is 0. The van der Waals surface area contributed by atoms with Crippen molar-refractivity contribution in [3.05, 3.63) is 90.0 Å². The Labute approximate surface area is 202 Å². The van der Waals surface area contributed by atoms with Gasteiger partial charge in [0.05, 0.1) is 13.2 Å². The molecule has 0 aliphatic carbocycles. The van der Waals surface area contributed by atoms with E-state index in [4.69, 9.17) is 4.74 Å². The van der Waals surface area contributed by atoms with Gasteiger partial charge >= 0.3 is 0 Å². The molecule has 0 saturated heterocycles. The summed E-state index contributed by atoms with van der Waals surface area (Å²) in [6.45, 7) is 4.17.